The number of carbonyl (C=O) groups excluding carboxylic acids is 1. The zero-order valence-electron chi connectivity index (χ0n) is 15.4. The number of piperidine rings is 1. The molecule has 0 aliphatic carbocycles. The summed E-state index contributed by atoms with van der Waals surface area (Å²) in [6.07, 6.45) is 3.28. The van der Waals surface area contributed by atoms with Crippen LogP contribution in [0.3, 0.4) is 0 Å². The van der Waals surface area contributed by atoms with Crippen LogP contribution in [0.25, 0.3) is 5.78 Å². The van der Waals surface area contributed by atoms with E-state index >= 15 is 0 Å². The summed E-state index contributed by atoms with van der Waals surface area (Å²) in [7, 11) is 1.60. The van der Waals surface area contributed by atoms with Crippen LogP contribution in [0, 0.1) is 12.8 Å². The average molecular weight is 366 g/mol. The van der Waals surface area contributed by atoms with Crippen molar-refractivity contribution in [1.82, 2.24) is 19.6 Å². The summed E-state index contributed by atoms with van der Waals surface area (Å²) in [6, 6.07) is 9.44. The fraction of sp³-hybridized carbons (Fsp3) is 0.368. The second-order valence-electron chi connectivity index (χ2n) is 6.70. The highest BCUT2D eigenvalue weighted by atomic mass is 16.5. The van der Waals surface area contributed by atoms with E-state index < -0.39 is 0 Å². The molecular formula is C19H22N6O2. The number of benzene rings is 1. The molecule has 1 atom stereocenters. The molecule has 1 N–H and O–H groups in total. The molecular weight excluding hydrogens is 344 g/mol. The van der Waals surface area contributed by atoms with E-state index in [1.165, 1.54) is 6.33 Å². The van der Waals surface area contributed by atoms with Crippen molar-refractivity contribution < 1.29 is 9.53 Å². The number of nitrogens with one attached hydrogen (secondary N) is 1. The molecule has 0 bridgehead atoms. The molecule has 1 aliphatic rings. The summed E-state index contributed by atoms with van der Waals surface area (Å²) in [5.41, 5.74) is 1.58. The average Bonchev–Trinajstić information content (AvgIpc) is 3.16. The minimum Gasteiger partial charge on any atom is -0.495 e. The molecule has 2 aromatic heterocycles. The van der Waals surface area contributed by atoms with Crippen molar-refractivity contribution in [2.75, 3.05) is 30.4 Å². The summed E-state index contributed by atoms with van der Waals surface area (Å²) in [6.45, 7) is 3.43. The molecule has 1 saturated heterocycles. The summed E-state index contributed by atoms with van der Waals surface area (Å²) in [5, 5.41) is 7.29. The van der Waals surface area contributed by atoms with Crippen LogP contribution < -0.4 is 15.0 Å². The minimum atomic E-state index is -0.115. The number of carbonyl (C=O) groups is 1. The molecule has 1 aliphatic heterocycles. The topological polar surface area (TPSA) is 84.6 Å². The van der Waals surface area contributed by atoms with Gasteiger partial charge in [-0.3, -0.25) is 4.79 Å². The monoisotopic (exact) mass is 366 g/mol. The SMILES string of the molecule is COc1ccccc1NC(=O)[C@@H]1CCCN(c2cc(C)nc3ncnn23)C1. The highest BCUT2D eigenvalue weighted by Gasteiger charge is 2.28. The van der Waals surface area contributed by atoms with Gasteiger partial charge >= 0.3 is 0 Å². The van der Waals surface area contributed by atoms with Crippen LogP contribution in [0.5, 0.6) is 5.75 Å². The third kappa shape index (κ3) is 3.42. The van der Waals surface area contributed by atoms with Gasteiger partial charge in [0.2, 0.25) is 5.91 Å². The van der Waals surface area contributed by atoms with Gasteiger partial charge < -0.3 is 15.0 Å². The molecule has 0 unspecified atom stereocenters. The number of ether oxygens (including phenoxy) is 1. The van der Waals surface area contributed by atoms with Crippen LogP contribution in [-0.4, -0.2) is 45.7 Å². The van der Waals surface area contributed by atoms with E-state index in [4.69, 9.17) is 4.74 Å². The Morgan fingerprint density at radius 1 is 1.33 bits per heavy atom. The number of nitrogens with zero attached hydrogens (tertiary/aromatic N) is 5. The number of para-hydroxylation sites is 2. The number of fused-ring (bicyclic) bond motifs is 1. The molecule has 0 spiro atoms. The molecule has 0 radical (unpaired) electrons. The van der Waals surface area contributed by atoms with Crippen molar-refractivity contribution in [3.8, 4) is 5.75 Å². The van der Waals surface area contributed by atoms with Gasteiger partial charge in [-0.25, -0.2) is 4.98 Å². The molecule has 1 amide bonds. The van der Waals surface area contributed by atoms with E-state index in [9.17, 15) is 4.79 Å². The standard InChI is InChI=1S/C19H22N6O2/c1-13-10-17(25-19(22-13)20-12-21-25)24-9-5-6-14(11-24)18(26)23-15-7-3-4-8-16(15)27-2/h3-4,7-8,10,12,14H,5-6,9,11H2,1-2H3,(H,23,26)/t14-/m1/s1. The molecule has 3 heterocycles. The first-order chi connectivity index (χ1) is 13.2. The van der Waals surface area contributed by atoms with E-state index in [0.717, 1.165) is 30.9 Å². The lowest BCUT2D eigenvalue weighted by molar-refractivity contribution is -0.120. The van der Waals surface area contributed by atoms with Crippen LogP contribution in [0.15, 0.2) is 36.7 Å². The number of hydrogen-bond donors (Lipinski definition) is 1. The Balaban J connectivity index is 1.54. The largest absolute Gasteiger partial charge is 0.495 e. The van der Waals surface area contributed by atoms with Gasteiger partial charge in [-0.2, -0.15) is 14.6 Å². The molecule has 140 valence electrons. The van der Waals surface area contributed by atoms with E-state index in [1.807, 2.05) is 37.3 Å². The zero-order chi connectivity index (χ0) is 18.8. The lowest BCUT2D eigenvalue weighted by Gasteiger charge is -2.33. The number of amides is 1. The zero-order valence-corrected chi connectivity index (χ0v) is 15.4. The van der Waals surface area contributed by atoms with Crippen LogP contribution in [0.4, 0.5) is 11.5 Å². The Labute approximate surface area is 157 Å². The second-order valence-corrected chi connectivity index (χ2v) is 6.70. The molecule has 8 nitrogen and oxygen atoms in total. The third-order valence-electron chi connectivity index (χ3n) is 4.84. The van der Waals surface area contributed by atoms with Crippen molar-refractivity contribution in [1.29, 1.82) is 0 Å². The van der Waals surface area contributed by atoms with E-state index in [-0.39, 0.29) is 11.8 Å². The normalized spacial score (nSPS) is 17.1. The van der Waals surface area contributed by atoms with Gasteiger partial charge in [0, 0.05) is 24.8 Å². The van der Waals surface area contributed by atoms with Gasteiger partial charge in [0.25, 0.3) is 5.78 Å². The van der Waals surface area contributed by atoms with Gasteiger partial charge in [0.15, 0.2) is 0 Å². The number of methoxy groups -OCH3 is 1. The Kier molecular flexibility index (Phi) is 4.62. The van der Waals surface area contributed by atoms with Crippen molar-refractivity contribution in [2.45, 2.75) is 19.8 Å². The summed E-state index contributed by atoms with van der Waals surface area (Å²) in [5.74, 6) is 2.04. The smallest absolute Gasteiger partial charge is 0.254 e. The highest BCUT2D eigenvalue weighted by Crippen LogP contribution is 2.27. The van der Waals surface area contributed by atoms with E-state index in [0.29, 0.717) is 23.8 Å². The summed E-state index contributed by atoms with van der Waals surface area (Å²) in [4.78, 5) is 23.6. The maximum Gasteiger partial charge on any atom is 0.254 e. The fourth-order valence-electron chi connectivity index (χ4n) is 3.52. The van der Waals surface area contributed by atoms with Gasteiger partial charge in [0.05, 0.1) is 18.7 Å². The fourth-order valence-corrected chi connectivity index (χ4v) is 3.52. The third-order valence-corrected chi connectivity index (χ3v) is 4.84. The quantitative estimate of drug-likeness (QED) is 0.763. The molecule has 8 heteroatoms. The van der Waals surface area contributed by atoms with Crippen molar-refractivity contribution in [3.63, 3.8) is 0 Å². The van der Waals surface area contributed by atoms with Gasteiger partial charge in [-0.05, 0) is 31.9 Å². The van der Waals surface area contributed by atoms with Gasteiger partial charge in [0.1, 0.15) is 17.9 Å². The van der Waals surface area contributed by atoms with Crippen molar-refractivity contribution in [3.05, 3.63) is 42.4 Å². The van der Waals surface area contributed by atoms with Crippen molar-refractivity contribution in [2.24, 2.45) is 5.92 Å². The van der Waals surface area contributed by atoms with Crippen LogP contribution in [0.1, 0.15) is 18.5 Å². The second kappa shape index (κ2) is 7.22. The van der Waals surface area contributed by atoms with Crippen LogP contribution in [0.2, 0.25) is 0 Å². The van der Waals surface area contributed by atoms with Crippen LogP contribution >= 0.6 is 0 Å². The Hall–Kier alpha value is -3.16. The Morgan fingerprint density at radius 2 is 2.19 bits per heavy atom. The first kappa shape index (κ1) is 17.3. The predicted octanol–water partition coefficient (Wildman–Crippen LogP) is 2.30. The van der Waals surface area contributed by atoms with Gasteiger partial charge in [-0.15, -0.1) is 0 Å². The Morgan fingerprint density at radius 3 is 3.04 bits per heavy atom. The maximum atomic E-state index is 12.9. The number of anilines is 2. The van der Waals surface area contributed by atoms with Gasteiger partial charge in [-0.1, -0.05) is 12.1 Å². The number of aryl methyl sites for hydroxylation is 1. The summed E-state index contributed by atoms with van der Waals surface area (Å²) >= 11 is 0. The minimum absolute atomic E-state index is 0.00446. The first-order valence-corrected chi connectivity index (χ1v) is 9.02. The molecule has 1 fully saturated rings. The maximum absolute atomic E-state index is 12.9. The molecule has 3 aromatic rings. The molecule has 4 rings (SSSR count). The lowest BCUT2D eigenvalue weighted by Crippen LogP contribution is -2.41. The predicted molar refractivity (Wildman–Crippen MR) is 102 cm³/mol. The number of rotatable bonds is 4. The highest BCUT2D eigenvalue weighted by molar-refractivity contribution is 5.94. The molecule has 27 heavy (non-hydrogen) atoms. The lowest BCUT2D eigenvalue weighted by atomic mass is 9.97. The first-order valence-electron chi connectivity index (χ1n) is 9.02. The Bertz CT molecular complexity index is 970. The number of aromatic nitrogens is 4. The number of hydrogen-bond acceptors (Lipinski definition) is 6. The van der Waals surface area contributed by atoms with E-state index in [1.54, 1.807) is 11.6 Å². The molecule has 1 aromatic carbocycles. The summed E-state index contributed by atoms with van der Waals surface area (Å²) < 4.78 is 7.06. The van der Waals surface area contributed by atoms with E-state index in [2.05, 4.69) is 25.3 Å². The van der Waals surface area contributed by atoms with Crippen molar-refractivity contribution >= 4 is 23.2 Å². The van der Waals surface area contributed by atoms with Crippen LogP contribution in [-0.2, 0) is 4.79 Å². The molecule has 0 saturated carbocycles.